The Morgan fingerprint density at radius 2 is 2.15 bits per heavy atom. The van der Waals surface area contributed by atoms with Gasteiger partial charge >= 0.3 is 0 Å². The SMILES string of the molecule is C=CC1(N2CCCC(Nc3c(C(N)=Nc4ccc(O)cc4CC)cnn4cc(-c5ccc(OC)nc5)cc34)C2)CO1. The summed E-state index contributed by atoms with van der Waals surface area (Å²) in [6, 6.07) is 11.2. The first-order valence-corrected chi connectivity index (χ1v) is 13.9. The van der Waals surface area contributed by atoms with Gasteiger partial charge in [-0.15, -0.1) is 0 Å². The number of benzene rings is 1. The molecule has 6 rings (SSSR count). The Hall–Kier alpha value is -4.41. The maximum absolute atomic E-state index is 9.96. The molecule has 2 fully saturated rings. The number of nitrogens with two attached hydrogens (primary N) is 1. The molecule has 4 aromatic rings. The molecule has 10 heteroatoms. The van der Waals surface area contributed by atoms with Crippen molar-refractivity contribution >= 4 is 22.7 Å². The molecule has 10 nitrogen and oxygen atoms in total. The Bertz CT molecular complexity index is 1610. The van der Waals surface area contributed by atoms with E-state index in [2.05, 4.69) is 27.8 Å². The van der Waals surface area contributed by atoms with Crippen LogP contribution in [0.25, 0.3) is 16.6 Å². The Morgan fingerprint density at radius 3 is 2.85 bits per heavy atom. The molecule has 212 valence electrons. The fraction of sp³-hybridized carbons (Fsp3) is 0.323. The molecule has 2 atom stereocenters. The van der Waals surface area contributed by atoms with Crippen molar-refractivity contribution in [1.29, 1.82) is 0 Å². The van der Waals surface area contributed by atoms with Gasteiger partial charge in [0.15, 0.2) is 5.72 Å². The quantitative estimate of drug-likeness (QED) is 0.120. The van der Waals surface area contributed by atoms with Crippen LogP contribution in [0.1, 0.15) is 30.9 Å². The molecule has 1 aromatic carbocycles. The van der Waals surface area contributed by atoms with Gasteiger partial charge in [-0.3, -0.25) is 4.90 Å². The van der Waals surface area contributed by atoms with Crippen LogP contribution >= 0.6 is 0 Å². The number of phenols is 1. The summed E-state index contributed by atoms with van der Waals surface area (Å²) in [5.74, 6) is 1.11. The molecule has 2 saturated heterocycles. The second-order valence-electron chi connectivity index (χ2n) is 10.5. The van der Waals surface area contributed by atoms with Crippen molar-refractivity contribution in [2.45, 2.75) is 38.0 Å². The van der Waals surface area contributed by atoms with E-state index < -0.39 is 0 Å². The fourth-order valence-corrected chi connectivity index (χ4v) is 5.53. The number of hydrogen-bond acceptors (Lipinski definition) is 8. The molecule has 0 amide bonds. The maximum Gasteiger partial charge on any atom is 0.212 e. The normalized spacial score (nSPS) is 21.1. The van der Waals surface area contributed by atoms with Crippen LogP contribution in [0.5, 0.6) is 11.6 Å². The van der Waals surface area contributed by atoms with E-state index in [0.717, 1.165) is 59.5 Å². The number of hydrogen-bond donors (Lipinski definition) is 3. The molecule has 2 aliphatic heterocycles. The highest BCUT2D eigenvalue weighted by molar-refractivity contribution is 6.06. The van der Waals surface area contributed by atoms with Crippen LogP contribution < -0.4 is 15.8 Å². The number of phenolic OH excluding ortho intramolecular Hbond substituents is 1. The molecule has 0 saturated carbocycles. The largest absolute Gasteiger partial charge is 0.508 e. The summed E-state index contributed by atoms with van der Waals surface area (Å²) in [5, 5.41) is 18.5. The van der Waals surface area contributed by atoms with Crippen molar-refractivity contribution in [1.82, 2.24) is 19.5 Å². The van der Waals surface area contributed by atoms with Gasteiger partial charge in [0, 0.05) is 48.7 Å². The highest BCUT2D eigenvalue weighted by Crippen LogP contribution is 2.36. The van der Waals surface area contributed by atoms with Crippen LogP contribution in [0.15, 0.2) is 72.6 Å². The minimum atomic E-state index is -0.351. The van der Waals surface area contributed by atoms with Crippen molar-refractivity contribution in [3.63, 3.8) is 0 Å². The summed E-state index contributed by atoms with van der Waals surface area (Å²) < 4.78 is 12.9. The number of pyridine rings is 1. The van der Waals surface area contributed by atoms with Crippen molar-refractivity contribution in [3.05, 3.63) is 78.8 Å². The summed E-state index contributed by atoms with van der Waals surface area (Å²) in [7, 11) is 1.60. The predicted octanol–water partition coefficient (Wildman–Crippen LogP) is 4.50. The third-order valence-electron chi connectivity index (χ3n) is 7.94. The third-order valence-corrected chi connectivity index (χ3v) is 7.94. The molecule has 0 radical (unpaired) electrons. The number of anilines is 1. The monoisotopic (exact) mass is 553 g/mol. The minimum absolute atomic E-state index is 0.156. The number of aromatic hydroxyl groups is 1. The van der Waals surface area contributed by atoms with Gasteiger partial charge in [-0.05, 0) is 61.2 Å². The van der Waals surface area contributed by atoms with E-state index in [0.29, 0.717) is 30.3 Å². The van der Waals surface area contributed by atoms with Crippen LogP contribution in [0, 0.1) is 0 Å². The summed E-state index contributed by atoms with van der Waals surface area (Å²) >= 11 is 0. The minimum Gasteiger partial charge on any atom is -0.508 e. The van der Waals surface area contributed by atoms with E-state index in [1.165, 1.54) is 0 Å². The first-order chi connectivity index (χ1) is 19.9. The topological polar surface area (TPSA) is 126 Å². The second kappa shape index (κ2) is 10.9. The van der Waals surface area contributed by atoms with Gasteiger partial charge < -0.3 is 25.6 Å². The van der Waals surface area contributed by atoms with Crippen LogP contribution in [0.4, 0.5) is 11.4 Å². The van der Waals surface area contributed by atoms with Crippen LogP contribution in [-0.4, -0.2) is 69.0 Å². The van der Waals surface area contributed by atoms with E-state index in [9.17, 15) is 5.11 Å². The average molecular weight is 554 g/mol. The zero-order valence-corrected chi connectivity index (χ0v) is 23.4. The number of aliphatic imine (C=N–C) groups is 1. The fourth-order valence-electron chi connectivity index (χ4n) is 5.53. The molecular weight excluding hydrogens is 518 g/mol. The van der Waals surface area contributed by atoms with E-state index in [1.807, 2.05) is 35.8 Å². The number of nitrogens with zero attached hydrogens (tertiary/aromatic N) is 5. The number of rotatable bonds is 9. The molecule has 41 heavy (non-hydrogen) atoms. The number of ether oxygens (including phenoxy) is 2. The Balaban J connectivity index is 1.41. The Labute approximate surface area is 239 Å². The molecule has 2 unspecified atom stereocenters. The average Bonchev–Trinajstić information content (AvgIpc) is 3.69. The molecule has 5 heterocycles. The summed E-state index contributed by atoms with van der Waals surface area (Å²) in [6.07, 6.45) is 10.2. The van der Waals surface area contributed by atoms with Gasteiger partial charge in [0.05, 0.1) is 42.4 Å². The second-order valence-corrected chi connectivity index (χ2v) is 10.5. The van der Waals surface area contributed by atoms with Gasteiger partial charge in [-0.25, -0.2) is 14.5 Å². The van der Waals surface area contributed by atoms with Gasteiger partial charge in [-0.1, -0.05) is 13.5 Å². The standard InChI is InChI=1S/C31H35N7O3/c1-4-20-13-24(39)9-10-26(20)36-30(32)25-16-34-38-17-22(21-8-11-28(40-3)33-15-21)14-27(38)29(25)35-23-7-6-12-37(18-23)31(5-2)19-41-31/h5,8-11,13-17,23,35,39H,2,4,6-7,12,18-19H2,1,3H3,(H2,32,36). The van der Waals surface area contributed by atoms with Gasteiger partial charge in [0.2, 0.25) is 5.88 Å². The van der Waals surface area contributed by atoms with Crippen molar-refractivity contribution < 1.29 is 14.6 Å². The van der Waals surface area contributed by atoms with Crippen LogP contribution in [0.2, 0.25) is 0 Å². The van der Waals surface area contributed by atoms with Gasteiger partial charge in [0.1, 0.15) is 11.6 Å². The smallest absolute Gasteiger partial charge is 0.212 e. The predicted molar refractivity (Wildman–Crippen MR) is 160 cm³/mol. The molecule has 0 bridgehead atoms. The molecule has 3 aromatic heterocycles. The number of nitrogens with one attached hydrogen (secondary N) is 1. The Kier molecular flexibility index (Phi) is 7.10. The van der Waals surface area contributed by atoms with E-state index >= 15 is 0 Å². The first kappa shape index (κ1) is 26.8. The number of methoxy groups -OCH3 is 1. The summed E-state index contributed by atoms with van der Waals surface area (Å²) in [4.78, 5) is 11.5. The lowest BCUT2D eigenvalue weighted by atomic mass is 10.0. The number of likely N-dealkylation sites (tertiary alicyclic amines) is 1. The number of epoxide rings is 1. The van der Waals surface area contributed by atoms with E-state index in [4.69, 9.17) is 25.3 Å². The lowest BCUT2D eigenvalue weighted by Gasteiger charge is -2.36. The molecule has 2 aliphatic rings. The molecule has 0 aliphatic carbocycles. The van der Waals surface area contributed by atoms with Crippen molar-refractivity contribution in [2.75, 3.05) is 32.1 Å². The van der Waals surface area contributed by atoms with Crippen molar-refractivity contribution in [2.24, 2.45) is 10.7 Å². The number of piperidine rings is 1. The number of aromatic nitrogens is 3. The maximum atomic E-state index is 9.96. The van der Waals surface area contributed by atoms with E-state index in [1.54, 1.807) is 37.7 Å². The number of aryl methyl sites for hydroxylation is 1. The summed E-state index contributed by atoms with van der Waals surface area (Å²) in [5.41, 5.74) is 12.3. The van der Waals surface area contributed by atoms with Crippen LogP contribution in [0.3, 0.4) is 0 Å². The Morgan fingerprint density at radius 1 is 1.29 bits per heavy atom. The highest BCUT2D eigenvalue weighted by Gasteiger charge is 2.48. The molecule has 4 N–H and O–H groups in total. The highest BCUT2D eigenvalue weighted by atomic mass is 16.6. The zero-order chi connectivity index (χ0) is 28.6. The number of amidine groups is 1. The lowest BCUT2D eigenvalue weighted by molar-refractivity contribution is 0.0901. The summed E-state index contributed by atoms with van der Waals surface area (Å²) in [6.45, 7) is 8.48. The van der Waals surface area contributed by atoms with Crippen LogP contribution in [-0.2, 0) is 11.2 Å². The lowest BCUT2D eigenvalue weighted by Crippen LogP contribution is -2.48. The zero-order valence-electron chi connectivity index (χ0n) is 23.4. The number of fused-ring (bicyclic) bond motifs is 1. The van der Waals surface area contributed by atoms with Crippen molar-refractivity contribution in [3.8, 4) is 22.8 Å². The van der Waals surface area contributed by atoms with Gasteiger partial charge in [0.25, 0.3) is 0 Å². The van der Waals surface area contributed by atoms with Gasteiger partial charge in [-0.2, -0.15) is 5.10 Å². The molecule has 0 spiro atoms. The first-order valence-electron chi connectivity index (χ1n) is 13.9. The third kappa shape index (κ3) is 5.23. The molecular formula is C31H35N7O3. The van der Waals surface area contributed by atoms with E-state index in [-0.39, 0.29) is 17.5 Å².